The molecule has 0 bridgehead atoms. The molecule has 0 atom stereocenters. The van der Waals surface area contributed by atoms with Gasteiger partial charge in [-0.2, -0.15) is 13.2 Å². The Morgan fingerprint density at radius 1 is 1.33 bits per heavy atom. The monoisotopic (exact) mass is 215 g/mol. The van der Waals surface area contributed by atoms with Crippen LogP contribution in [0.2, 0.25) is 0 Å². The van der Waals surface area contributed by atoms with E-state index in [-0.39, 0.29) is 18.0 Å². The van der Waals surface area contributed by atoms with Crippen LogP contribution in [0.4, 0.5) is 18.9 Å². The molecule has 1 aromatic rings. The summed E-state index contributed by atoms with van der Waals surface area (Å²) in [5.41, 5.74) is -0.305. The average molecular weight is 215 g/mol. The number of hydrogen-bond acceptors (Lipinski definition) is 1. The van der Waals surface area contributed by atoms with Crippen LogP contribution in [0.1, 0.15) is 11.1 Å². The predicted molar refractivity (Wildman–Crippen MR) is 48.6 cm³/mol. The van der Waals surface area contributed by atoms with Gasteiger partial charge in [0.05, 0.1) is 17.7 Å². The quantitative estimate of drug-likeness (QED) is 0.649. The molecule has 1 aromatic carbocycles. The highest BCUT2D eigenvalue weighted by atomic mass is 19.4. The van der Waals surface area contributed by atoms with Gasteiger partial charge in [-0.05, 0) is 11.6 Å². The van der Waals surface area contributed by atoms with Crippen molar-refractivity contribution in [3.05, 3.63) is 29.3 Å². The molecular formula is C10H8F3NO. The highest BCUT2D eigenvalue weighted by Gasteiger charge is 2.38. The summed E-state index contributed by atoms with van der Waals surface area (Å²) in [4.78, 5) is 12.3. The molecular weight excluding hydrogens is 207 g/mol. The lowest BCUT2D eigenvalue weighted by Crippen LogP contribution is -2.23. The van der Waals surface area contributed by atoms with E-state index in [1.807, 2.05) is 0 Å². The van der Waals surface area contributed by atoms with E-state index in [9.17, 15) is 18.0 Å². The number of carbonyl (C=O) groups excluding carboxylic acids is 1. The first-order chi connectivity index (χ1) is 6.91. The van der Waals surface area contributed by atoms with Crippen molar-refractivity contribution in [3.8, 4) is 0 Å². The molecule has 0 aliphatic carbocycles. The van der Waals surface area contributed by atoms with Crippen molar-refractivity contribution in [2.45, 2.75) is 12.6 Å². The lowest BCUT2D eigenvalue weighted by molar-refractivity contribution is -0.137. The zero-order valence-corrected chi connectivity index (χ0v) is 7.93. The fourth-order valence-corrected chi connectivity index (χ4v) is 1.77. The van der Waals surface area contributed by atoms with Gasteiger partial charge in [0.25, 0.3) is 0 Å². The number of halogens is 3. The van der Waals surface area contributed by atoms with Crippen molar-refractivity contribution in [1.82, 2.24) is 0 Å². The Morgan fingerprint density at radius 3 is 2.60 bits per heavy atom. The molecule has 0 saturated heterocycles. The number of para-hydroxylation sites is 1. The van der Waals surface area contributed by atoms with E-state index in [1.165, 1.54) is 13.1 Å². The summed E-state index contributed by atoms with van der Waals surface area (Å²) in [6, 6.07) is 3.87. The van der Waals surface area contributed by atoms with Crippen molar-refractivity contribution >= 4 is 11.6 Å². The van der Waals surface area contributed by atoms with Gasteiger partial charge in [0.15, 0.2) is 0 Å². The number of benzene rings is 1. The maximum Gasteiger partial charge on any atom is 0.418 e. The summed E-state index contributed by atoms with van der Waals surface area (Å²) in [5.74, 6) is -0.304. The lowest BCUT2D eigenvalue weighted by atomic mass is 10.1. The molecule has 1 aliphatic heterocycles. The van der Waals surface area contributed by atoms with Crippen LogP contribution in [0.25, 0.3) is 0 Å². The summed E-state index contributed by atoms with van der Waals surface area (Å²) in [7, 11) is 1.36. The standard InChI is InChI=1S/C10H8F3NO/c1-14-8(15)5-6-3-2-4-7(9(6)14)10(11,12)13/h2-4H,5H2,1H3. The third-order valence-electron chi connectivity index (χ3n) is 2.48. The van der Waals surface area contributed by atoms with E-state index in [1.54, 1.807) is 6.07 Å². The molecule has 0 aromatic heterocycles. The van der Waals surface area contributed by atoms with E-state index in [0.29, 0.717) is 5.56 Å². The summed E-state index contributed by atoms with van der Waals surface area (Å²) in [6.45, 7) is 0. The summed E-state index contributed by atoms with van der Waals surface area (Å²) < 4.78 is 37.8. The number of likely N-dealkylation sites (N-methyl/N-ethyl adjacent to an activating group) is 1. The maximum absolute atomic E-state index is 12.6. The smallest absolute Gasteiger partial charge is 0.314 e. The first kappa shape index (κ1) is 10.0. The Labute approximate surface area is 84.3 Å². The molecule has 1 aliphatic rings. The van der Waals surface area contributed by atoms with Crippen LogP contribution in [-0.2, 0) is 17.4 Å². The minimum atomic E-state index is -4.41. The Bertz CT molecular complexity index is 425. The van der Waals surface area contributed by atoms with Gasteiger partial charge >= 0.3 is 6.18 Å². The largest absolute Gasteiger partial charge is 0.418 e. The van der Waals surface area contributed by atoms with Crippen LogP contribution in [0, 0.1) is 0 Å². The van der Waals surface area contributed by atoms with Gasteiger partial charge in [0.2, 0.25) is 5.91 Å². The van der Waals surface area contributed by atoms with Crippen molar-refractivity contribution < 1.29 is 18.0 Å². The van der Waals surface area contributed by atoms with Crippen LogP contribution in [-0.4, -0.2) is 13.0 Å². The summed E-state index contributed by atoms with van der Waals surface area (Å²) in [5, 5.41) is 0. The lowest BCUT2D eigenvalue weighted by Gasteiger charge is -2.16. The van der Waals surface area contributed by atoms with Crippen LogP contribution in [0.15, 0.2) is 18.2 Å². The van der Waals surface area contributed by atoms with E-state index in [0.717, 1.165) is 11.0 Å². The molecule has 15 heavy (non-hydrogen) atoms. The van der Waals surface area contributed by atoms with E-state index in [4.69, 9.17) is 0 Å². The van der Waals surface area contributed by atoms with E-state index >= 15 is 0 Å². The van der Waals surface area contributed by atoms with E-state index in [2.05, 4.69) is 0 Å². The Hall–Kier alpha value is -1.52. The Morgan fingerprint density at radius 2 is 2.00 bits per heavy atom. The van der Waals surface area contributed by atoms with Crippen LogP contribution < -0.4 is 4.90 Å². The van der Waals surface area contributed by atoms with Gasteiger partial charge in [-0.3, -0.25) is 4.79 Å². The van der Waals surface area contributed by atoms with Crippen molar-refractivity contribution in [1.29, 1.82) is 0 Å². The molecule has 0 unspecified atom stereocenters. The second kappa shape index (κ2) is 2.98. The van der Waals surface area contributed by atoms with E-state index < -0.39 is 11.7 Å². The third kappa shape index (κ3) is 1.48. The molecule has 0 radical (unpaired) electrons. The molecule has 1 amide bonds. The highest BCUT2D eigenvalue weighted by Crippen LogP contribution is 2.40. The summed E-state index contributed by atoms with van der Waals surface area (Å²) >= 11 is 0. The fourth-order valence-electron chi connectivity index (χ4n) is 1.77. The number of anilines is 1. The minimum Gasteiger partial charge on any atom is -0.314 e. The second-order valence-corrected chi connectivity index (χ2v) is 3.44. The fraction of sp³-hybridized carbons (Fsp3) is 0.300. The normalized spacial score (nSPS) is 15.7. The molecule has 2 rings (SSSR count). The molecule has 1 heterocycles. The molecule has 0 fully saturated rings. The van der Waals surface area contributed by atoms with Gasteiger partial charge in [-0.15, -0.1) is 0 Å². The molecule has 0 N–H and O–H groups in total. The molecule has 0 saturated carbocycles. The first-order valence-corrected chi connectivity index (χ1v) is 4.37. The Balaban J connectivity index is 2.62. The van der Waals surface area contributed by atoms with Crippen LogP contribution in [0.3, 0.4) is 0 Å². The van der Waals surface area contributed by atoms with Crippen molar-refractivity contribution in [3.63, 3.8) is 0 Å². The van der Waals surface area contributed by atoms with Crippen molar-refractivity contribution in [2.75, 3.05) is 11.9 Å². The maximum atomic E-state index is 12.6. The Kier molecular flexibility index (Phi) is 1.99. The minimum absolute atomic E-state index is 0.00463. The number of alkyl halides is 3. The average Bonchev–Trinajstić information content (AvgIpc) is 2.41. The second-order valence-electron chi connectivity index (χ2n) is 3.44. The SMILES string of the molecule is CN1C(=O)Cc2cccc(C(F)(F)F)c21. The zero-order valence-electron chi connectivity index (χ0n) is 7.93. The number of hydrogen-bond donors (Lipinski definition) is 0. The van der Waals surface area contributed by atoms with Crippen LogP contribution in [0.5, 0.6) is 0 Å². The number of carbonyl (C=O) groups is 1. The van der Waals surface area contributed by atoms with Gasteiger partial charge in [0, 0.05) is 7.05 Å². The topological polar surface area (TPSA) is 20.3 Å². The molecule has 0 spiro atoms. The van der Waals surface area contributed by atoms with Crippen LogP contribution >= 0.6 is 0 Å². The summed E-state index contributed by atoms with van der Waals surface area (Å²) in [6.07, 6.45) is -4.36. The number of nitrogens with zero attached hydrogens (tertiary/aromatic N) is 1. The molecule has 80 valence electrons. The number of rotatable bonds is 0. The van der Waals surface area contributed by atoms with Gasteiger partial charge < -0.3 is 4.90 Å². The molecule has 2 nitrogen and oxygen atoms in total. The number of fused-ring (bicyclic) bond motifs is 1. The highest BCUT2D eigenvalue weighted by molar-refractivity contribution is 6.01. The van der Waals surface area contributed by atoms with Gasteiger partial charge in [-0.25, -0.2) is 0 Å². The number of amides is 1. The van der Waals surface area contributed by atoms with Crippen molar-refractivity contribution in [2.24, 2.45) is 0 Å². The molecule has 5 heteroatoms. The third-order valence-corrected chi connectivity index (χ3v) is 2.48. The first-order valence-electron chi connectivity index (χ1n) is 4.37. The van der Waals surface area contributed by atoms with Gasteiger partial charge in [-0.1, -0.05) is 12.1 Å². The van der Waals surface area contributed by atoms with Gasteiger partial charge in [0.1, 0.15) is 0 Å². The zero-order chi connectivity index (χ0) is 11.2. The predicted octanol–water partition coefficient (Wildman–Crippen LogP) is 2.22.